The average molecular weight is 380 g/mol. The summed E-state index contributed by atoms with van der Waals surface area (Å²) in [5, 5.41) is 5.44. The summed E-state index contributed by atoms with van der Waals surface area (Å²) in [5.41, 5.74) is 1.17. The third kappa shape index (κ3) is 3.66. The SMILES string of the molecule is C=CCNC(=O)c1nc(C(=O)Nc2ccc(OC)c(OC)c2)c2ccccn12. The minimum Gasteiger partial charge on any atom is -0.493 e. The van der Waals surface area contributed by atoms with Gasteiger partial charge in [-0.1, -0.05) is 12.1 Å². The topological polar surface area (TPSA) is 94.0 Å². The Hall–Kier alpha value is -3.81. The Balaban J connectivity index is 1.94. The molecule has 144 valence electrons. The molecule has 0 unspecified atom stereocenters. The fourth-order valence-corrected chi connectivity index (χ4v) is 2.71. The first-order valence-corrected chi connectivity index (χ1v) is 8.48. The summed E-state index contributed by atoms with van der Waals surface area (Å²) >= 11 is 0. The molecule has 8 nitrogen and oxygen atoms in total. The number of anilines is 1. The number of aromatic nitrogens is 2. The van der Waals surface area contributed by atoms with Crippen LogP contribution in [0.3, 0.4) is 0 Å². The molecule has 0 aliphatic rings. The van der Waals surface area contributed by atoms with E-state index in [-0.39, 0.29) is 11.5 Å². The van der Waals surface area contributed by atoms with Crippen LogP contribution in [-0.2, 0) is 0 Å². The molecule has 0 saturated carbocycles. The van der Waals surface area contributed by atoms with Gasteiger partial charge in [0.25, 0.3) is 11.8 Å². The number of methoxy groups -OCH3 is 2. The highest BCUT2D eigenvalue weighted by atomic mass is 16.5. The molecule has 2 heterocycles. The quantitative estimate of drug-likeness (QED) is 0.614. The van der Waals surface area contributed by atoms with Gasteiger partial charge in [-0.25, -0.2) is 4.98 Å². The van der Waals surface area contributed by atoms with Crippen molar-refractivity contribution in [1.29, 1.82) is 0 Å². The lowest BCUT2D eigenvalue weighted by atomic mass is 10.2. The van der Waals surface area contributed by atoms with E-state index in [0.717, 1.165) is 0 Å². The summed E-state index contributed by atoms with van der Waals surface area (Å²) in [6, 6.07) is 10.3. The van der Waals surface area contributed by atoms with Crippen molar-refractivity contribution in [3.63, 3.8) is 0 Å². The van der Waals surface area contributed by atoms with E-state index in [1.165, 1.54) is 14.2 Å². The van der Waals surface area contributed by atoms with Crippen LogP contribution in [0.5, 0.6) is 11.5 Å². The van der Waals surface area contributed by atoms with Gasteiger partial charge >= 0.3 is 0 Å². The summed E-state index contributed by atoms with van der Waals surface area (Å²) in [4.78, 5) is 29.4. The highest BCUT2D eigenvalue weighted by Crippen LogP contribution is 2.30. The van der Waals surface area contributed by atoms with E-state index >= 15 is 0 Å². The van der Waals surface area contributed by atoms with Gasteiger partial charge in [-0.2, -0.15) is 0 Å². The molecule has 0 atom stereocenters. The molecule has 1 aromatic carbocycles. The number of ether oxygens (including phenoxy) is 2. The number of nitrogens with one attached hydrogen (secondary N) is 2. The minimum atomic E-state index is -0.446. The molecule has 2 N–H and O–H groups in total. The largest absolute Gasteiger partial charge is 0.493 e. The monoisotopic (exact) mass is 380 g/mol. The van der Waals surface area contributed by atoms with Gasteiger partial charge in [0.05, 0.1) is 19.7 Å². The van der Waals surface area contributed by atoms with Gasteiger partial charge in [0.1, 0.15) is 0 Å². The molecule has 8 heteroatoms. The fraction of sp³-hybridized carbons (Fsp3) is 0.150. The summed E-state index contributed by atoms with van der Waals surface area (Å²) in [5.74, 6) is 0.313. The predicted octanol–water partition coefficient (Wildman–Crippen LogP) is 2.52. The Morgan fingerprint density at radius 1 is 1.14 bits per heavy atom. The van der Waals surface area contributed by atoms with Gasteiger partial charge in [-0.05, 0) is 24.3 Å². The Labute approximate surface area is 161 Å². The fourth-order valence-electron chi connectivity index (χ4n) is 2.71. The Morgan fingerprint density at radius 3 is 2.64 bits per heavy atom. The molecule has 3 rings (SSSR count). The number of amides is 2. The standard InChI is InChI=1S/C20H20N4O4/c1-4-10-21-20(26)18-23-17(14-7-5-6-11-24(14)18)19(25)22-13-8-9-15(27-2)16(12-13)28-3/h4-9,11-12H,1,10H2,2-3H3,(H,21,26)(H,22,25). The molecule has 2 aromatic heterocycles. The van der Waals surface area contributed by atoms with Crippen LogP contribution in [-0.4, -0.2) is 42.0 Å². The number of benzene rings is 1. The van der Waals surface area contributed by atoms with Crippen LogP contribution in [0.2, 0.25) is 0 Å². The maximum Gasteiger partial charge on any atom is 0.287 e. The molecule has 0 aliphatic carbocycles. The number of carbonyl (C=O) groups is 2. The van der Waals surface area contributed by atoms with Crippen molar-refractivity contribution in [3.8, 4) is 11.5 Å². The van der Waals surface area contributed by atoms with Gasteiger partial charge in [0, 0.05) is 24.5 Å². The Bertz CT molecular complexity index is 1040. The summed E-state index contributed by atoms with van der Waals surface area (Å²) in [7, 11) is 3.05. The molecule has 0 saturated heterocycles. The van der Waals surface area contributed by atoms with Crippen LogP contribution < -0.4 is 20.1 Å². The molecule has 3 aromatic rings. The van der Waals surface area contributed by atoms with Gasteiger partial charge in [-0.15, -0.1) is 6.58 Å². The van der Waals surface area contributed by atoms with Crippen molar-refractivity contribution in [3.05, 3.63) is 66.8 Å². The van der Waals surface area contributed by atoms with Crippen molar-refractivity contribution < 1.29 is 19.1 Å². The van der Waals surface area contributed by atoms with E-state index in [9.17, 15) is 9.59 Å². The second-order valence-electron chi connectivity index (χ2n) is 5.76. The zero-order valence-corrected chi connectivity index (χ0v) is 15.6. The van der Waals surface area contributed by atoms with Crippen LogP contribution in [0, 0.1) is 0 Å². The summed E-state index contributed by atoms with van der Waals surface area (Å²) < 4.78 is 12.0. The maximum atomic E-state index is 12.8. The highest BCUT2D eigenvalue weighted by molar-refractivity contribution is 6.09. The number of fused-ring (bicyclic) bond motifs is 1. The maximum absolute atomic E-state index is 12.8. The molecule has 0 spiro atoms. The second-order valence-corrected chi connectivity index (χ2v) is 5.76. The van der Waals surface area contributed by atoms with Crippen molar-refractivity contribution in [2.45, 2.75) is 0 Å². The Morgan fingerprint density at radius 2 is 1.93 bits per heavy atom. The van der Waals surface area contributed by atoms with Crippen LogP contribution in [0.4, 0.5) is 5.69 Å². The number of rotatable bonds is 7. The first-order chi connectivity index (χ1) is 13.6. The zero-order chi connectivity index (χ0) is 20.1. The number of imidazole rings is 1. The summed E-state index contributed by atoms with van der Waals surface area (Å²) in [6.07, 6.45) is 3.25. The smallest absolute Gasteiger partial charge is 0.287 e. The lowest BCUT2D eigenvalue weighted by Crippen LogP contribution is -2.25. The molecular weight excluding hydrogens is 360 g/mol. The number of pyridine rings is 1. The molecule has 0 bridgehead atoms. The third-order valence-corrected chi connectivity index (χ3v) is 4.01. The van der Waals surface area contributed by atoms with E-state index in [2.05, 4.69) is 22.2 Å². The predicted molar refractivity (Wildman–Crippen MR) is 105 cm³/mol. The lowest BCUT2D eigenvalue weighted by molar-refractivity contribution is 0.0947. The van der Waals surface area contributed by atoms with E-state index < -0.39 is 11.8 Å². The van der Waals surface area contributed by atoms with Crippen LogP contribution in [0.15, 0.2) is 55.3 Å². The van der Waals surface area contributed by atoms with Gasteiger partial charge in [-0.3, -0.25) is 14.0 Å². The van der Waals surface area contributed by atoms with Gasteiger partial charge in [0.15, 0.2) is 17.2 Å². The van der Waals surface area contributed by atoms with Crippen molar-refractivity contribution in [2.75, 3.05) is 26.1 Å². The summed E-state index contributed by atoms with van der Waals surface area (Å²) in [6.45, 7) is 3.87. The van der Waals surface area contributed by atoms with Crippen molar-refractivity contribution in [2.24, 2.45) is 0 Å². The van der Waals surface area contributed by atoms with E-state index in [0.29, 0.717) is 29.2 Å². The molecule has 0 radical (unpaired) electrons. The van der Waals surface area contributed by atoms with Gasteiger partial charge < -0.3 is 20.1 Å². The zero-order valence-electron chi connectivity index (χ0n) is 15.6. The number of nitrogens with zero attached hydrogens (tertiary/aromatic N) is 2. The minimum absolute atomic E-state index is 0.120. The number of hydrogen-bond donors (Lipinski definition) is 2. The van der Waals surface area contributed by atoms with E-state index in [1.807, 2.05) is 0 Å². The number of carbonyl (C=O) groups excluding carboxylic acids is 2. The number of hydrogen-bond acceptors (Lipinski definition) is 5. The molecule has 0 aliphatic heterocycles. The van der Waals surface area contributed by atoms with E-state index in [4.69, 9.17) is 9.47 Å². The first kappa shape index (κ1) is 19.0. The molecule has 0 fully saturated rings. The first-order valence-electron chi connectivity index (χ1n) is 8.48. The molecular formula is C20H20N4O4. The normalized spacial score (nSPS) is 10.4. The van der Waals surface area contributed by atoms with Gasteiger partial charge in [0.2, 0.25) is 5.82 Å². The van der Waals surface area contributed by atoms with Crippen LogP contribution in [0.25, 0.3) is 5.52 Å². The molecule has 2 amide bonds. The highest BCUT2D eigenvalue weighted by Gasteiger charge is 2.21. The Kier molecular flexibility index (Phi) is 5.59. The van der Waals surface area contributed by atoms with Crippen LogP contribution in [0.1, 0.15) is 21.1 Å². The lowest BCUT2D eigenvalue weighted by Gasteiger charge is -2.10. The second kappa shape index (κ2) is 8.26. The third-order valence-electron chi connectivity index (χ3n) is 4.01. The average Bonchev–Trinajstić information content (AvgIpc) is 3.12. The van der Waals surface area contributed by atoms with Crippen LogP contribution >= 0.6 is 0 Å². The van der Waals surface area contributed by atoms with Crippen molar-refractivity contribution >= 4 is 23.0 Å². The van der Waals surface area contributed by atoms with Crippen molar-refractivity contribution in [1.82, 2.24) is 14.7 Å². The van der Waals surface area contributed by atoms with E-state index in [1.54, 1.807) is 53.1 Å². The molecule has 28 heavy (non-hydrogen) atoms.